The van der Waals surface area contributed by atoms with E-state index in [9.17, 15) is 4.39 Å². The summed E-state index contributed by atoms with van der Waals surface area (Å²) < 4.78 is 19.7. The molecule has 0 heterocycles. The van der Waals surface area contributed by atoms with E-state index in [1.54, 1.807) is 18.2 Å². The zero-order chi connectivity index (χ0) is 15.4. The molecule has 0 saturated carbocycles. The smallest absolute Gasteiger partial charge is 0.141 e. The van der Waals surface area contributed by atoms with Gasteiger partial charge in [-0.15, -0.1) is 0 Å². The van der Waals surface area contributed by atoms with E-state index < -0.39 is 0 Å². The van der Waals surface area contributed by atoms with Gasteiger partial charge in [-0.25, -0.2) is 4.39 Å². The number of rotatable bonds is 5. The van der Waals surface area contributed by atoms with Crippen molar-refractivity contribution in [3.8, 4) is 5.75 Å². The van der Waals surface area contributed by atoms with Gasteiger partial charge in [-0.2, -0.15) is 0 Å². The molecule has 0 aliphatic heterocycles. The second-order valence-corrected chi connectivity index (χ2v) is 6.24. The van der Waals surface area contributed by atoms with E-state index in [0.717, 1.165) is 5.56 Å². The molecular formula is C15H13BrCl2FNO. The fourth-order valence-corrected chi connectivity index (χ4v) is 3.07. The van der Waals surface area contributed by atoms with Crippen LogP contribution in [0.25, 0.3) is 0 Å². The third-order valence-electron chi connectivity index (χ3n) is 2.80. The third kappa shape index (κ3) is 4.58. The van der Waals surface area contributed by atoms with Gasteiger partial charge in [0.25, 0.3) is 0 Å². The standard InChI is InChI=1S/C15H13BrCl2FNO/c16-11-3-9(4-13(19)6-11)8-21-15-10(1-2-20)5-12(17)7-14(15)18/h3-7H,1-2,8,20H2. The number of hydrogen-bond acceptors (Lipinski definition) is 2. The predicted octanol–water partition coefficient (Wildman–Crippen LogP) is 4.98. The fourth-order valence-electron chi connectivity index (χ4n) is 1.97. The molecule has 6 heteroatoms. The summed E-state index contributed by atoms with van der Waals surface area (Å²) in [5, 5.41) is 0.950. The minimum absolute atomic E-state index is 0.204. The summed E-state index contributed by atoms with van der Waals surface area (Å²) in [6, 6.07) is 7.97. The van der Waals surface area contributed by atoms with Crippen molar-refractivity contribution in [1.82, 2.24) is 0 Å². The molecule has 0 aliphatic carbocycles. The van der Waals surface area contributed by atoms with E-state index in [1.807, 2.05) is 0 Å². The lowest BCUT2D eigenvalue weighted by molar-refractivity contribution is 0.302. The molecule has 2 aromatic rings. The van der Waals surface area contributed by atoms with Gasteiger partial charge >= 0.3 is 0 Å². The maximum absolute atomic E-state index is 13.3. The van der Waals surface area contributed by atoms with Crippen LogP contribution in [0.3, 0.4) is 0 Å². The number of benzene rings is 2. The van der Waals surface area contributed by atoms with Crippen molar-refractivity contribution in [2.24, 2.45) is 5.73 Å². The zero-order valence-corrected chi connectivity index (χ0v) is 14.1. The first-order valence-corrected chi connectivity index (χ1v) is 7.80. The van der Waals surface area contributed by atoms with Gasteiger partial charge < -0.3 is 10.5 Å². The van der Waals surface area contributed by atoms with E-state index in [0.29, 0.717) is 38.8 Å². The van der Waals surface area contributed by atoms with Crippen molar-refractivity contribution >= 4 is 39.1 Å². The second kappa shape index (κ2) is 7.45. The Morgan fingerprint density at radius 2 is 1.90 bits per heavy atom. The van der Waals surface area contributed by atoms with Gasteiger partial charge in [0.05, 0.1) is 5.02 Å². The van der Waals surface area contributed by atoms with Crippen molar-refractivity contribution in [3.05, 3.63) is 61.8 Å². The van der Waals surface area contributed by atoms with Gasteiger partial charge in [-0.3, -0.25) is 0 Å². The Labute approximate surface area is 141 Å². The third-order valence-corrected chi connectivity index (χ3v) is 3.76. The lowest BCUT2D eigenvalue weighted by Crippen LogP contribution is -2.06. The normalized spacial score (nSPS) is 10.7. The molecule has 0 saturated heterocycles. The molecule has 0 fully saturated rings. The Balaban J connectivity index is 2.22. The first-order valence-electron chi connectivity index (χ1n) is 6.25. The van der Waals surface area contributed by atoms with E-state index in [2.05, 4.69) is 15.9 Å². The van der Waals surface area contributed by atoms with E-state index in [1.165, 1.54) is 12.1 Å². The predicted molar refractivity (Wildman–Crippen MR) is 87.7 cm³/mol. The van der Waals surface area contributed by atoms with Gasteiger partial charge in [0, 0.05) is 9.50 Å². The molecule has 112 valence electrons. The van der Waals surface area contributed by atoms with Crippen LogP contribution in [0.1, 0.15) is 11.1 Å². The largest absolute Gasteiger partial charge is 0.487 e. The Morgan fingerprint density at radius 1 is 1.14 bits per heavy atom. The minimum atomic E-state index is -0.327. The molecule has 0 atom stereocenters. The van der Waals surface area contributed by atoms with E-state index in [4.69, 9.17) is 33.7 Å². The number of halogens is 4. The van der Waals surface area contributed by atoms with Crippen LogP contribution in [-0.2, 0) is 13.0 Å². The van der Waals surface area contributed by atoms with Crippen LogP contribution in [0.15, 0.2) is 34.8 Å². The summed E-state index contributed by atoms with van der Waals surface area (Å²) >= 11 is 15.4. The SMILES string of the molecule is NCCc1cc(Cl)cc(Cl)c1OCc1cc(F)cc(Br)c1. The minimum Gasteiger partial charge on any atom is -0.487 e. The first-order chi connectivity index (χ1) is 9.99. The highest BCUT2D eigenvalue weighted by atomic mass is 79.9. The number of hydrogen-bond donors (Lipinski definition) is 1. The highest BCUT2D eigenvalue weighted by Crippen LogP contribution is 2.33. The van der Waals surface area contributed by atoms with Crippen molar-refractivity contribution < 1.29 is 9.13 Å². The quantitative estimate of drug-likeness (QED) is 0.779. The summed E-state index contributed by atoms with van der Waals surface area (Å²) in [5.74, 6) is 0.208. The average Bonchev–Trinajstić information content (AvgIpc) is 2.36. The number of nitrogens with two attached hydrogens (primary N) is 1. The van der Waals surface area contributed by atoms with Crippen LogP contribution in [0, 0.1) is 5.82 Å². The van der Waals surface area contributed by atoms with E-state index in [-0.39, 0.29) is 12.4 Å². The molecule has 0 aromatic heterocycles. The molecule has 0 amide bonds. The summed E-state index contributed by atoms with van der Waals surface area (Å²) in [6.07, 6.45) is 0.600. The average molecular weight is 393 g/mol. The molecule has 2 rings (SSSR count). The molecule has 2 N–H and O–H groups in total. The van der Waals surface area contributed by atoms with Crippen LogP contribution >= 0.6 is 39.1 Å². The molecule has 0 unspecified atom stereocenters. The molecule has 0 radical (unpaired) electrons. The molecule has 21 heavy (non-hydrogen) atoms. The molecule has 0 spiro atoms. The van der Waals surface area contributed by atoms with Gasteiger partial charge in [-0.05, 0) is 54.4 Å². The summed E-state index contributed by atoms with van der Waals surface area (Å²) in [4.78, 5) is 0. The van der Waals surface area contributed by atoms with Crippen molar-refractivity contribution in [1.29, 1.82) is 0 Å². The van der Waals surface area contributed by atoms with Crippen LogP contribution in [0.2, 0.25) is 10.0 Å². The molecule has 2 aromatic carbocycles. The molecule has 0 bridgehead atoms. The van der Waals surface area contributed by atoms with Crippen LogP contribution in [0.5, 0.6) is 5.75 Å². The van der Waals surface area contributed by atoms with Crippen molar-refractivity contribution in [2.45, 2.75) is 13.0 Å². The number of ether oxygens (including phenoxy) is 1. The summed E-state index contributed by atoms with van der Waals surface area (Å²) in [6.45, 7) is 0.661. The Kier molecular flexibility index (Phi) is 5.88. The monoisotopic (exact) mass is 391 g/mol. The van der Waals surface area contributed by atoms with Gasteiger partial charge in [0.2, 0.25) is 0 Å². The topological polar surface area (TPSA) is 35.2 Å². The first kappa shape index (κ1) is 16.6. The van der Waals surface area contributed by atoms with Gasteiger partial charge in [-0.1, -0.05) is 39.1 Å². The second-order valence-electron chi connectivity index (χ2n) is 4.48. The molecule has 2 nitrogen and oxygen atoms in total. The molecule has 0 aliphatic rings. The van der Waals surface area contributed by atoms with Crippen molar-refractivity contribution in [2.75, 3.05) is 6.54 Å². The maximum Gasteiger partial charge on any atom is 0.141 e. The van der Waals surface area contributed by atoms with Crippen LogP contribution in [0.4, 0.5) is 4.39 Å². The highest BCUT2D eigenvalue weighted by Gasteiger charge is 2.11. The zero-order valence-electron chi connectivity index (χ0n) is 11.0. The Bertz CT molecular complexity index is 632. The summed E-state index contributed by atoms with van der Waals surface area (Å²) in [7, 11) is 0. The summed E-state index contributed by atoms with van der Waals surface area (Å²) in [5.41, 5.74) is 7.12. The Hall–Kier alpha value is -0.810. The lowest BCUT2D eigenvalue weighted by atomic mass is 10.1. The van der Waals surface area contributed by atoms with Gasteiger partial charge in [0.1, 0.15) is 18.2 Å². The van der Waals surface area contributed by atoms with Crippen LogP contribution in [-0.4, -0.2) is 6.54 Å². The van der Waals surface area contributed by atoms with Crippen molar-refractivity contribution in [3.63, 3.8) is 0 Å². The van der Waals surface area contributed by atoms with Gasteiger partial charge in [0.15, 0.2) is 0 Å². The fraction of sp³-hybridized carbons (Fsp3) is 0.200. The van der Waals surface area contributed by atoms with Crippen LogP contribution < -0.4 is 10.5 Å². The highest BCUT2D eigenvalue weighted by molar-refractivity contribution is 9.10. The maximum atomic E-state index is 13.3. The van der Waals surface area contributed by atoms with E-state index >= 15 is 0 Å². The molecular weight excluding hydrogens is 380 g/mol. The Morgan fingerprint density at radius 3 is 2.57 bits per heavy atom. The lowest BCUT2D eigenvalue weighted by Gasteiger charge is -2.14.